The van der Waals surface area contributed by atoms with E-state index in [4.69, 9.17) is 27.6 Å². The minimum absolute atomic E-state index is 0.424. The first kappa shape index (κ1) is 8.60. The van der Waals surface area contributed by atoms with E-state index in [9.17, 15) is 0 Å². The summed E-state index contributed by atoms with van der Waals surface area (Å²) in [6.45, 7) is 0. The van der Waals surface area contributed by atoms with Crippen LogP contribution in [-0.2, 0) is 0 Å². The molecule has 1 heterocycles. The molecule has 65 valence electrons. The first-order valence-corrected chi connectivity index (χ1v) is 4.30. The van der Waals surface area contributed by atoms with Gasteiger partial charge in [-0.05, 0) is 12.1 Å². The minimum atomic E-state index is 0.424. The number of aromatic nitrogens is 1. The fraction of sp³-hybridized carbons (Fsp3) is 0. The molecule has 0 bridgehead atoms. The predicted molar refractivity (Wildman–Crippen MR) is 50.8 cm³/mol. The maximum absolute atomic E-state index is 5.94. The van der Waals surface area contributed by atoms with E-state index in [1.807, 2.05) is 0 Å². The van der Waals surface area contributed by atoms with E-state index < -0.39 is 0 Å². The number of hydrogen-bond donors (Lipinski definition) is 0. The van der Waals surface area contributed by atoms with Gasteiger partial charge in [-0.1, -0.05) is 29.3 Å². The molecule has 0 aliphatic rings. The lowest BCUT2D eigenvalue weighted by molar-refractivity contribution is 0.574. The second-order valence-corrected chi connectivity index (χ2v) is 3.17. The Kier molecular flexibility index (Phi) is 2.25. The number of nitrogens with zero attached hydrogens (tertiary/aromatic N) is 1. The Hall–Kier alpha value is -0.990. The molecule has 1 radical (unpaired) electrons. The zero-order chi connectivity index (χ0) is 9.26. The molecular weight excluding hydrogens is 209 g/mol. The van der Waals surface area contributed by atoms with Gasteiger partial charge in [-0.15, -0.1) is 0 Å². The summed E-state index contributed by atoms with van der Waals surface area (Å²) in [4.78, 5) is 3.85. The van der Waals surface area contributed by atoms with Crippen LogP contribution in [0.25, 0.3) is 11.5 Å². The van der Waals surface area contributed by atoms with E-state index >= 15 is 0 Å². The summed E-state index contributed by atoms with van der Waals surface area (Å²) in [5.41, 5.74) is 0.676. The molecule has 2 nitrogen and oxygen atoms in total. The highest BCUT2D eigenvalue weighted by atomic mass is 35.5. The molecule has 0 N–H and O–H groups in total. The summed E-state index contributed by atoms with van der Waals surface area (Å²) in [6, 6.07) is 5.28. The summed E-state index contributed by atoms with van der Waals surface area (Å²) in [6.07, 6.45) is 3.92. The first-order valence-electron chi connectivity index (χ1n) is 3.55. The molecule has 0 atom stereocenters. The lowest BCUT2D eigenvalue weighted by atomic mass is 10.2. The quantitative estimate of drug-likeness (QED) is 0.724. The Morgan fingerprint density at radius 3 is 2.85 bits per heavy atom. The van der Waals surface area contributed by atoms with Gasteiger partial charge in [-0.25, -0.2) is 4.98 Å². The molecule has 2 aromatic rings. The van der Waals surface area contributed by atoms with Crippen LogP contribution in [0.1, 0.15) is 0 Å². The van der Waals surface area contributed by atoms with Crippen LogP contribution in [0.15, 0.2) is 28.9 Å². The molecule has 0 amide bonds. The van der Waals surface area contributed by atoms with Crippen molar-refractivity contribution in [1.82, 2.24) is 4.98 Å². The third kappa shape index (κ3) is 1.55. The molecule has 0 spiro atoms. The van der Waals surface area contributed by atoms with Crippen LogP contribution in [-0.4, -0.2) is 4.98 Å². The average Bonchev–Trinajstić information content (AvgIpc) is 2.62. The van der Waals surface area contributed by atoms with Crippen LogP contribution in [0.2, 0.25) is 10.0 Å². The van der Waals surface area contributed by atoms with Gasteiger partial charge in [0.2, 0.25) is 5.89 Å². The molecule has 0 saturated heterocycles. The lowest BCUT2D eigenvalue weighted by Gasteiger charge is -1.99. The van der Waals surface area contributed by atoms with Gasteiger partial charge < -0.3 is 4.42 Å². The fourth-order valence-corrected chi connectivity index (χ4v) is 1.37. The summed E-state index contributed by atoms with van der Waals surface area (Å²) in [5, 5.41) is 0.928. The lowest BCUT2D eigenvalue weighted by Crippen LogP contribution is -1.79. The van der Waals surface area contributed by atoms with E-state index in [1.54, 1.807) is 18.2 Å². The van der Waals surface area contributed by atoms with Crippen molar-refractivity contribution in [2.45, 2.75) is 0 Å². The van der Waals surface area contributed by atoms with Crippen molar-refractivity contribution < 1.29 is 4.42 Å². The van der Waals surface area contributed by atoms with Crippen molar-refractivity contribution in [2.24, 2.45) is 0 Å². The molecule has 13 heavy (non-hydrogen) atoms. The second kappa shape index (κ2) is 3.40. The summed E-state index contributed by atoms with van der Waals surface area (Å²) in [7, 11) is 0. The van der Waals surface area contributed by atoms with Crippen molar-refractivity contribution in [1.29, 1.82) is 0 Å². The molecule has 1 aromatic carbocycles. The van der Waals surface area contributed by atoms with Crippen molar-refractivity contribution in [3.63, 3.8) is 0 Å². The highest BCUT2D eigenvalue weighted by Crippen LogP contribution is 2.32. The normalized spacial score (nSPS) is 10.3. The zero-order valence-corrected chi connectivity index (χ0v) is 7.93. The van der Waals surface area contributed by atoms with Gasteiger partial charge in [0.25, 0.3) is 0 Å². The van der Waals surface area contributed by atoms with Crippen molar-refractivity contribution in [2.75, 3.05) is 0 Å². The van der Waals surface area contributed by atoms with E-state index in [2.05, 4.69) is 11.2 Å². The maximum Gasteiger partial charge on any atom is 0.228 e. The van der Waals surface area contributed by atoms with Crippen molar-refractivity contribution in [3.05, 3.63) is 40.7 Å². The predicted octanol–water partition coefficient (Wildman–Crippen LogP) is 3.45. The minimum Gasteiger partial charge on any atom is -0.444 e. The third-order valence-corrected chi connectivity index (χ3v) is 2.39. The summed E-state index contributed by atoms with van der Waals surface area (Å²) in [5.74, 6) is 0.424. The first-order chi connectivity index (χ1) is 6.29. The van der Waals surface area contributed by atoms with E-state index in [0.717, 1.165) is 0 Å². The van der Waals surface area contributed by atoms with E-state index in [0.29, 0.717) is 21.5 Å². The molecule has 1 aromatic heterocycles. The maximum atomic E-state index is 5.94. The number of halogens is 2. The highest BCUT2D eigenvalue weighted by Gasteiger charge is 2.09. The molecule has 4 heteroatoms. The van der Waals surface area contributed by atoms with Crippen LogP contribution in [0.3, 0.4) is 0 Å². The zero-order valence-electron chi connectivity index (χ0n) is 6.42. The topological polar surface area (TPSA) is 26.0 Å². The van der Waals surface area contributed by atoms with E-state index in [1.165, 1.54) is 6.26 Å². The van der Waals surface area contributed by atoms with Crippen LogP contribution >= 0.6 is 23.2 Å². The number of hydrogen-bond acceptors (Lipinski definition) is 2. The van der Waals surface area contributed by atoms with Gasteiger partial charge in [-0.2, -0.15) is 0 Å². The average molecular weight is 213 g/mol. The molecule has 0 fully saturated rings. The fourth-order valence-electron chi connectivity index (χ4n) is 0.986. The van der Waals surface area contributed by atoms with Gasteiger partial charge in [0.05, 0.1) is 15.6 Å². The Labute approximate surface area is 85.1 Å². The van der Waals surface area contributed by atoms with Gasteiger partial charge in [0.1, 0.15) is 12.5 Å². The molecule has 2 rings (SSSR count). The monoisotopic (exact) mass is 212 g/mol. The Balaban J connectivity index is 2.59. The summed E-state index contributed by atoms with van der Waals surface area (Å²) < 4.78 is 5.05. The standard InChI is InChI=1S/C9H4Cl2NO/c10-7-3-1-2-6(8(7)11)9-12-4-5-13-9/h1-3,5H. The smallest absolute Gasteiger partial charge is 0.228 e. The SMILES string of the molecule is Clc1cccc(-c2n[c]co2)c1Cl. The highest BCUT2D eigenvalue weighted by molar-refractivity contribution is 6.43. The third-order valence-electron chi connectivity index (χ3n) is 1.57. The van der Waals surface area contributed by atoms with Gasteiger partial charge in [0, 0.05) is 0 Å². The van der Waals surface area contributed by atoms with E-state index in [-0.39, 0.29) is 0 Å². The summed E-state index contributed by atoms with van der Waals surface area (Å²) >= 11 is 11.8. The molecule has 0 saturated carbocycles. The van der Waals surface area contributed by atoms with Gasteiger partial charge in [-0.3, -0.25) is 0 Å². The Morgan fingerprint density at radius 1 is 1.31 bits per heavy atom. The molecule has 0 aliphatic heterocycles. The van der Waals surface area contributed by atoms with Crippen molar-refractivity contribution in [3.8, 4) is 11.5 Å². The number of oxazole rings is 1. The number of benzene rings is 1. The van der Waals surface area contributed by atoms with Crippen LogP contribution in [0.5, 0.6) is 0 Å². The van der Waals surface area contributed by atoms with Crippen LogP contribution in [0.4, 0.5) is 0 Å². The Morgan fingerprint density at radius 2 is 2.15 bits per heavy atom. The second-order valence-electron chi connectivity index (χ2n) is 2.38. The van der Waals surface area contributed by atoms with Crippen LogP contribution in [0, 0.1) is 6.20 Å². The van der Waals surface area contributed by atoms with Gasteiger partial charge in [0.15, 0.2) is 0 Å². The molecule has 0 unspecified atom stereocenters. The number of rotatable bonds is 1. The van der Waals surface area contributed by atoms with Crippen LogP contribution < -0.4 is 0 Å². The largest absolute Gasteiger partial charge is 0.444 e. The Bertz CT molecular complexity index is 412. The molecule has 0 aliphatic carbocycles. The molecular formula is C9H4Cl2NO. The van der Waals surface area contributed by atoms with Gasteiger partial charge >= 0.3 is 0 Å². The van der Waals surface area contributed by atoms with Crippen molar-refractivity contribution >= 4 is 23.2 Å².